The first-order valence-electron chi connectivity index (χ1n) is 11.3. The Hall–Kier alpha value is -5.04. The summed E-state index contributed by atoms with van der Waals surface area (Å²) in [6.07, 6.45) is 0. The van der Waals surface area contributed by atoms with Gasteiger partial charge < -0.3 is 9.47 Å². The van der Waals surface area contributed by atoms with Crippen LogP contribution in [0.3, 0.4) is 0 Å². The van der Waals surface area contributed by atoms with Crippen LogP contribution in [-0.4, -0.2) is 14.9 Å². The minimum Gasteiger partial charge on any atom is -0.457 e. The van der Waals surface area contributed by atoms with Gasteiger partial charge in [-0.05, 0) is 79.7 Å². The molecule has 0 bridgehead atoms. The highest BCUT2D eigenvalue weighted by atomic mass is 16.6. The molecule has 4 aromatic carbocycles. The summed E-state index contributed by atoms with van der Waals surface area (Å²) in [5, 5.41) is 11.9. The van der Waals surface area contributed by atoms with Crippen molar-refractivity contribution in [1.82, 2.24) is 9.97 Å². The minimum atomic E-state index is -0.445. The number of nitrogens with zero attached hydrogens (tertiary/aromatic N) is 3. The van der Waals surface area contributed by atoms with Gasteiger partial charge in [0.1, 0.15) is 28.7 Å². The Bertz CT molecular complexity index is 1490. The third kappa shape index (κ3) is 5.05. The minimum absolute atomic E-state index is 0.125. The van der Waals surface area contributed by atoms with Crippen LogP contribution in [0.2, 0.25) is 0 Å². The van der Waals surface area contributed by atoms with Crippen molar-refractivity contribution in [1.29, 1.82) is 0 Å². The van der Waals surface area contributed by atoms with Gasteiger partial charge in [-0.3, -0.25) is 10.1 Å². The molecule has 7 nitrogen and oxygen atoms in total. The highest BCUT2D eigenvalue weighted by Crippen LogP contribution is 2.34. The zero-order chi connectivity index (χ0) is 24.9. The lowest BCUT2D eigenvalue weighted by Crippen LogP contribution is -2.03. The van der Waals surface area contributed by atoms with Crippen LogP contribution in [0.4, 0.5) is 5.69 Å². The van der Waals surface area contributed by atoms with Crippen molar-refractivity contribution in [3.63, 3.8) is 0 Å². The largest absolute Gasteiger partial charge is 0.457 e. The van der Waals surface area contributed by atoms with Gasteiger partial charge in [0.2, 0.25) is 0 Å². The molecule has 0 aliphatic heterocycles. The number of hydrogen-bond acceptors (Lipinski definition) is 6. The Morgan fingerprint density at radius 2 is 1.06 bits per heavy atom. The fourth-order valence-corrected chi connectivity index (χ4v) is 3.72. The molecule has 1 heterocycles. The average molecular weight is 476 g/mol. The van der Waals surface area contributed by atoms with Crippen LogP contribution < -0.4 is 9.47 Å². The van der Waals surface area contributed by atoms with E-state index in [9.17, 15) is 10.1 Å². The van der Waals surface area contributed by atoms with E-state index in [1.807, 2.05) is 84.9 Å². The summed E-state index contributed by atoms with van der Waals surface area (Å²) in [7, 11) is 0. The molecule has 36 heavy (non-hydrogen) atoms. The van der Waals surface area contributed by atoms with Gasteiger partial charge in [0.25, 0.3) is 0 Å². The number of aromatic nitrogens is 2. The van der Waals surface area contributed by atoms with Crippen molar-refractivity contribution >= 4 is 5.69 Å². The van der Waals surface area contributed by atoms with Crippen LogP contribution in [0.25, 0.3) is 22.6 Å². The molecule has 0 amide bonds. The van der Waals surface area contributed by atoms with E-state index < -0.39 is 4.92 Å². The maximum absolute atomic E-state index is 11.9. The molecule has 0 saturated heterocycles. The number of nitro groups is 1. The Labute approximate surface area is 207 Å². The second kappa shape index (κ2) is 10.1. The van der Waals surface area contributed by atoms with Crippen molar-refractivity contribution in [2.75, 3.05) is 0 Å². The molecule has 5 rings (SSSR count). The molecular weight excluding hydrogens is 454 g/mol. The van der Waals surface area contributed by atoms with Crippen molar-refractivity contribution in [2.45, 2.75) is 6.92 Å². The summed E-state index contributed by atoms with van der Waals surface area (Å²) in [6, 6.07) is 33.2. The Balaban J connectivity index is 1.45. The zero-order valence-electron chi connectivity index (χ0n) is 19.4. The second-order valence-corrected chi connectivity index (χ2v) is 7.97. The summed E-state index contributed by atoms with van der Waals surface area (Å²) >= 11 is 0. The lowest BCUT2D eigenvalue weighted by molar-refractivity contribution is -0.385. The predicted octanol–water partition coefficient (Wildman–Crippen LogP) is 7.61. The lowest BCUT2D eigenvalue weighted by Gasteiger charge is -2.10. The number of ether oxygens (including phenoxy) is 2. The number of para-hydroxylation sites is 2. The first-order valence-corrected chi connectivity index (χ1v) is 11.3. The standard InChI is InChI=1S/C29H21N3O4/c1-20-28(32(33)34)27(21-12-16-25(17-13-21)35-23-8-4-2-5-9-23)31-29(30-20)22-14-18-26(19-15-22)36-24-10-6-3-7-11-24/h2-19H,1H3. The first-order chi connectivity index (χ1) is 17.6. The summed E-state index contributed by atoms with van der Waals surface area (Å²) in [5.74, 6) is 3.11. The van der Waals surface area contributed by atoms with E-state index in [-0.39, 0.29) is 17.1 Å². The van der Waals surface area contributed by atoms with Gasteiger partial charge in [-0.25, -0.2) is 9.97 Å². The van der Waals surface area contributed by atoms with Gasteiger partial charge in [0, 0.05) is 11.1 Å². The monoisotopic (exact) mass is 475 g/mol. The molecule has 0 unspecified atom stereocenters. The summed E-state index contributed by atoms with van der Waals surface area (Å²) < 4.78 is 11.7. The predicted molar refractivity (Wildman–Crippen MR) is 137 cm³/mol. The van der Waals surface area contributed by atoms with Crippen LogP contribution in [0.15, 0.2) is 109 Å². The fraction of sp³-hybridized carbons (Fsp3) is 0.0345. The topological polar surface area (TPSA) is 87.4 Å². The van der Waals surface area contributed by atoms with E-state index in [1.165, 1.54) is 0 Å². The smallest absolute Gasteiger partial charge is 0.316 e. The van der Waals surface area contributed by atoms with E-state index in [2.05, 4.69) is 9.97 Å². The Kier molecular flexibility index (Phi) is 6.36. The van der Waals surface area contributed by atoms with Gasteiger partial charge in [-0.2, -0.15) is 0 Å². The Morgan fingerprint density at radius 3 is 1.53 bits per heavy atom. The number of rotatable bonds is 7. The maximum Gasteiger partial charge on any atom is 0.316 e. The van der Waals surface area contributed by atoms with Crippen molar-refractivity contribution < 1.29 is 14.4 Å². The number of aryl methyl sites for hydroxylation is 1. The van der Waals surface area contributed by atoms with Gasteiger partial charge >= 0.3 is 5.69 Å². The van der Waals surface area contributed by atoms with E-state index >= 15 is 0 Å². The molecule has 0 aliphatic carbocycles. The molecule has 0 fully saturated rings. The van der Waals surface area contributed by atoms with E-state index in [1.54, 1.807) is 31.2 Å². The van der Waals surface area contributed by atoms with Gasteiger partial charge in [0.15, 0.2) is 11.5 Å². The third-order valence-electron chi connectivity index (χ3n) is 5.44. The lowest BCUT2D eigenvalue weighted by atomic mass is 10.1. The van der Waals surface area contributed by atoms with Crippen LogP contribution in [0.5, 0.6) is 23.0 Å². The second-order valence-electron chi connectivity index (χ2n) is 7.97. The normalized spacial score (nSPS) is 10.6. The van der Waals surface area contributed by atoms with E-state index in [0.717, 1.165) is 11.3 Å². The highest BCUT2D eigenvalue weighted by molar-refractivity contribution is 5.74. The first kappa shape index (κ1) is 22.7. The molecule has 0 radical (unpaired) electrons. The van der Waals surface area contributed by atoms with Crippen molar-refractivity contribution in [2.24, 2.45) is 0 Å². The third-order valence-corrected chi connectivity index (χ3v) is 5.44. The van der Waals surface area contributed by atoms with Gasteiger partial charge in [-0.1, -0.05) is 36.4 Å². The molecule has 0 atom stereocenters. The molecule has 0 saturated carbocycles. The molecule has 0 spiro atoms. The van der Waals surface area contributed by atoms with Crippen molar-refractivity contribution in [3.05, 3.63) is 125 Å². The molecule has 0 N–H and O–H groups in total. The summed E-state index contributed by atoms with van der Waals surface area (Å²) in [4.78, 5) is 20.4. The van der Waals surface area contributed by atoms with Crippen LogP contribution >= 0.6 is 0 Å². The summed E-state index contributed by atoms with van der Waals surface area (Å²) in [6.45, 7) is 1.62. The molecule has 0 aliphatic rings. The average Bonchev–Trinajstić information content (AvgIpc) is 2.90. The van der Waals surface area contributed by atoms with Crippen LogP contribution in [0, 0.1) is 17.0 Å². The van der Waals surface area contributed by atoms with Gasteiger partial charge in [-0.15, -0.1) is 0 Å². The van der Waals surface area contributed by atoms with Gasteiger partial charge in [0.05, 0.1) is 4.92 Å². The number of benzene rings is 4. The summed E-state index contributed by atoms with van der Waals surface area (Å²) in [5.41, 5.74) is 1.73. The van der Waals surface area contributed by atoms with E-state index in [4.69, 9.17) is 9.47 Å². The molecule has 1 aromatic heterocycles. The SMILES string of the molecule is Cc1nc(-c2ccc(Oc3ccccc3)cc2)nc(-c2ccc(Oc3ccccc3)cc2)c1[N+](=O)[O-]. The molecule has 176 valence electrons. The van der Waals surface area contributed by atoms with E-state index in [0.29, 0.717) is 28.6 Å². The highest BCUT2D eigenvalue weighted by Gasteiger charge is 2.24. The molecule has 7 heteroatoms. The number of hydrogen-bond donors (Lipinski definition) is 0. The zero-order valence-corrected chi connectivity index (χ0v) is 19.4. The van der Waals surface area contributed by atoms with Crippen LogP contribution in [-0.2, 0) is 0 Å². The Morgan fingerprint density at radius 1 is 0.611 bits per heavy atom. The molecular formula is C29H21N3O4. The van der Waals surface area contributed by atoms with Crippen molar-refractivity contribution in [3.8, 4) is 45.6 Å². The maximum atomic E-state index is 11.9. The molecule has 5 aromatic rings. The fourth-order valence-electron chi connectivity index (χ4n) is 3.72. The quantitative estimate of drug-likeness (QED) is 0.178. The van der Waals surface area contributed by atoms with Crippen LogP contribution in [0.1, 0.15) is 5.69 Å².